The minimum atomic E-state index is -0.185. The largest absolute Gasteiger partial charge is 0.482 e. The number of hydrogen-bond acceptors (Lipinski definition) is 4. The van der Waals surface area contributed by atoms with Crippen molar-refractivity contribution in [1.82, 2.24) is 9.88 Å². The van der Waals surface area contributed by atoms with E-state index in [-0.39, 0.29) is 24.8 Å². The number of pyridine rings is 1. The van der Waals surface area contributed by atoms with Gasteiger partial charge in [0.05, 0.1) is 12.1 Å². The van der Waals surface area contributed by atoms with Crippen molar-refractivity contribution in [2.24, 2.45) is 0 Å². The molecule has 3 rings (SSSR count). The maximum Gasteiger partial charge on any atom is 0.262 e. The average Bonchev–Trinajstić information content (AvgIpc) is 2.55. The van der Waals surface area contributed by atoms with Gasteiger partial charge in [-0.25, -0.2) is 0 Å². The molecule has 1 N–H and O–H groups in total. The van der Waals surface area contributed by atoms with Crippen LogP contribution in [0.1, 0.15) is 11.1 Å². The van der Waals surface area contributed by atoms with Crippen LogP contribution in [0.4, 0.5) is 5.69 Å². The van der Waals surface area contributed by atoms with Crippen molar-refractivity contribution in [2.45, 2.75) is 13.0 Å². The molecular formula is C17H17N3O3. The summed E-state index contributed by atoms with van der Waals surface area (Å²) in [5.74, 6) is 0.441. The van der Waals surface area contributed by atoms with Crippen molar-refractivity contribution < 1.29 is 14.3 Å². The summed E-state index contributed by atoms with van der Waals surface area (Å²) >= 11 is 0. The molecule has 0 saturated heterocycles. The predicted octanol–water partition coefficient (Wildman–Crippen LogP) is 1.61. The molecular weight excluding hydrogens is 294 g/mol. The van der Waals surface area contributed by atoms with Gasteiger partial charge in [-0.2, -0.15) is 0 Å². The third kappa shape index (κ3) is 3.66. The number of amides is 2. The number of hydrogen-bond donors (Lipinski definition) is 1. The molecule has 6 nitrogen and oxygen atoms in total. The van der Waals surface area contributed by atoms with Gasteiger partial charge in [-0.15, -0.1) is 0 Å². The minimum Gasteiger partial charge on any atom is -0.482 e. The highest BCUT2D eigenvalue weighted by Gasteiger charge is 2.17. The van der Waals surface area contributed by atoms with Gasteiger partial charge in [-0.1, -0.05) is 12.1 Å². The maximum atomic E-state index is 12.3. The second-order valence-corrected chi connectivity index (χ2v) is 5.46. The van der Waals surface area contributed by atoms with E-state index in [4.69, 9.17) is 4.74 Å². The van der Waals surface area contributed by atoms with Gasteiger partial charge < -0.3 is 15.0 Å². The van der Waals surface area contributed by atoms with E-state index >= 15 is 0 Å². The van der Waals surface area contributed by atoms with Crippen molar-refractivity contribution in [3.8, 4) is 5.75 Å². The third-order valence-electron chi connectivity index (χ3n) is 3.60. The summed E-state index contributed by atoms with van der Waals surface area (Å²) in [6.07, 6.45) is 3.71. The Morgan fingerprint density at radius 3 is 3.00 bits per heavy atom. The van der Waals surface area contributed by atoms with Gasteiger partial charge in [0.15, 0.2) is 6.61 Å². The van der Waals surface area contributed by atoms with Crippen molar-refractivity contribution in [3.05, 3.63) is 53.9 Å². The number of benzene rings is 1. The van der Waals surface area contributed by atoms with Crippen molar-refractivity contribution in [1.29, 1.82) is 0 Å². The molecule has 1 aliphatic rings. The van der Waals surface area contributed by atoms with Crippen LogP contribution in [-0.2, 0) is 22.6 Å². The fourth-order valence-electron chi connectivity index (χ4n) is 2.40. The zero-order chi connectivity index (χ0) is 16.2. The van der Waals surface area contributed by atoms with Crippen LogP contribution in [0.25, 0.3) is 0 Å². The first-order valence-corrected chi connectivity index (χ1v) is 7.30. The van der Waals surface area contributed by atoms with Crippen molar-refractivity contribution in [2.75, 3.05) is 19.0 Å². The number of aromatic nitrogens is 1. The normalized spacial score (nSPS) is 12.8. The number of anilines is 1. The van der Waals surface area contributed by atoms with Gasteiger partial charge in [0.2, 0.25) is 5.91 Å². The van der Waals surface area contributed by atoms with E-state index in [2.05, 4.69) is 10.3 Å². The van der Waals surface area contributed by atoms with Crippen LogP contribution >= 0.6 is 0 Å². The van der Waals surface area contributed by atoms with Gasteiger partial charge in [0.1, 0.15) is 5.75 Å². The van der Waals surface area contributed by atoms with E-state index in [0.29, 0.717) is 18.0 Å². The molecule has 1 aromatic heterocycles. The predicted molar refractivity (Wildman–Crippen MR) is 85.0 cm³/mol. The Balaban J connectivity index is 1.65. The number of likely N-dealkylation sites (N-methyl/N-ethyl adjacent to an activating group) is 1. The Morgan fingerprint density at radius 1 is 1.35 bits per heavy atom. The molecule has 2 aromatic rings. The number of fused-ring (bicyclic) bond motifs is 1. The van der Waals surface area contributed by atoms with E-state index in [9.17, 15) is 9.59 Å². The molecule has 0 aliphatic carbocycles. The lowest BCUT2D eigenvalue weighted by molar-refractivity contribution is -0.129. The molecule has 23 heavy (non-hydrogen) atoms. The number of carbonyl (C=O) groups excluding carboxylic acids is 2. The van der Waals surface area contributed by atoms with Crippen LogP contribution < -0.4 is 10.1 Å². The molecule has 0 atom stereocenters. The zero-order valence-corrected chi connectivity index (χ0v) is 12.8. The number of nitrogens with one attached hydrogen (secondary N) is 1. The van der Waals surface area contributed by atoms with Gasteiger partial charge in [-0.05, 0) is 29.3 Å². The number of carbonyl (C=O) groups is 2. The van der Waals surface area contributed by atoms with E-state index in [1.165, 1.54) is 0 Å². The van der Waals surface area contributed by atoms with E-state index in [0.717, 1.165) is 11.1 Å². The summed E-state index contributed by atoms with van der Waals surface area (Å²) < 4.78 is 5.31. The van der Waals surface area contributed by atoms with Gasteiger partial charge in [0, 0.05) is 26.0 Å². The lowest BCUT2D eigenvalue weighted by Crippen LogP contribution is -2.28. The third-order valence-corrected chi connectivity index (χ3v) is 3.60. The van der Waals surface area contributed by atoms with Crippen molar-refractivity contribution in [3.63, 3.8) is 0 Å². The second-order valence-electron chi connectivity index (χ2n) is 5.46. The van der Waals surface area contributed by atoms with Crippen LogP contribution in [0.5, 0.6) is 5.75 Å². The summed E-state index contributed by atoms with van der Waals surface area (Å²) in [6.45, 7) is 0.538. The number of nitrogens with zero attached hydrogens (tertiary/aromatic N) is 2. The van der Waals surface area contributed by atoms with Crippen LogP contribution in [-0.4, -0.2) is 35.4 Å². The van der Waals surface area contributed by atoms with E-state index in [1.54, 1.807) is 36.5 Å². The van der Waals surface area contributed by atoms with Crippen molar-refractivity contribution >= 4 is 17.5 Å². The highest BCUT2D eigenvalue weighted by atomic mass is 16.5. The Bertz CT molecular complexity index is 731. The highest BCUT2D eigenvalue weighted by molar-refractivity contribution is 5.95. The van der Waals surface area contributed by atoms with E-state index in [1.807, 2.05) is 18.2 Å². The molecule has 0 spiro atoms. The monoisotopic (exact) mass is 311 g/mol. The maximum absolute atomic E-state index is 12.3. The molecule has 6 heteroatoms. The van der Waals surface area contributed by atoms with Crippen LogP contribution in [0.3, 0.4) is 0 Å². The molecule has 2 amide bonds. The molecule has 1 aromatic carbocycles. The molecule has 1 aliphatic heterocycles. The first-order valence-electron chi connectivity index (χ1n) is 7.30. The Kier molecular flexibility index (Phi) is 4.23. The fourth-order valence-corrected chi connectivity index (χ4v) is 2.40. The Labute approximate surface area is 134 Å². The summed E-state index contributed by atoms with van der Waals surface area (Å²) in [6, 6.07) is 9.18. The molecule has 0 unspecified atom stereocenters. The topological polar surface area (TPSA) is 71.5 Å². The SMILES string of the molecule is CN(Cc1cccnc1)C(=O)Cc1ccc2c(c1)NC(=O)CO2. The second kappa shape index (κ2) is 6.48. The molecule has 0 bridgehead atoms. The quantitative estimate of drug-likeness (QED) is 0.931. The standard InChI is InChI=1S/C17H17N3O3/c1-20(10-13-3-2-6-18-9-13)17(22)8-12-4-5-15-14(7-12)19-16(21)11-23-15/h2-7,9H,8,10-11H2,1H3,(H,19,21). The first kappa shape index (κ1) is 15.0. The zero-order valence-electron chi connectivity index (χ0n) is 12.8. The molecule has 2 heterocycles. The number of ether oxygens (including phenoxy) is 1. The minimum absolute atomic E-state index is 0.00291. The summed E-state index contributed by atoms with van der Waals surface area (Å²) in [5, 5.41) is 2.75. The summed E-state index contributed by atoms with van der Waals surface area (Å²) in [4.78, 5) is 29.4. The Hall–Kier alpha value is -2.89. The first-order chi connectivity index (χ1) is 11.1. The van der Waals surface area contributed by atoms with Crippen LogP contribution in [0.2, 0.25) is 0 Å². The Morgan fingerprint density at radius 2 is 2.22 bits per heavy atom. The average molecular weight is 311 g/mol. The fraction of sp³-hybridized carbons (Fsp3) is 0.235. The van der Waals surface area contributed by atoms with Gasteiger partial charge >= 0.3 is 0 Å². The molecule has 0 saturated carbocycles. The lowest BCUT2D eigenvalue weighted by Gasteiger charge is -2.20. The van der Waals surface area contributed by atoms with Crippen LogP contribution in [0.15, 0.2) is 42.7 Å². The van der Waals surface area contributed by atoms with Gasteiger partial charge in [0.25, 0.3) is 5.91 Å². The lowest BCUT2D eigenvalue weighted by atomic mass is 10.1. The van der Waals surface area contributed by atoms with E-state index < -0.39 is 0 Å². The van der Waals surface area contributed by atoms with Gasteiger partial charge in [-0.3, -0.25) is 14.6 Å². The summed E-state index contributed by atoms with van der Waals surface area (Å²) in [5.41, 5.74) is 2.42. The molecule has 0 fully saturated rings. The molecule has 118 valence electrons. The number of rotatable bonds is 4. The summed E-state index contributed by atoms with van der Waals surface area (Å²) in [7, 11) is 1.76. The smallest absolute Gasteiger partial charge is 0.262 e. The highest BCUT2D eigenvalue weighted by Crippen LogP contribution is 2.28. The van der Waals surface area contributed by atoms with Crippen LogP contribution in [0, 0.1) is 0 Å². The molecule has 0 radical (unpaired) electrons.